The Morgan fingerprint density at radius 3 is 2.21 bits per heavy atom. The molecule has 10 heteroatoms. The second-order valence-electron chi connectivity index (χ2n) is 5.66. The molecular formula is C18H23N3O6S. The van der Waals surface area contributed by atoms with E-state index in [0.29, 0.717) is 5.56 Å². The molecule has 0 fully saturated rings. The van der Waals surface area contributed by atoms with E-state index in [4.69, 9.17) is 0 Å². The summed E-state index contributed by atoms with van der Waals surface area (Å²) in [5, 5.41) is 5.71. The van der Waals surface area contributed by atoms with Gasteiger partial charge in [0.05, 0.1) is 13.2 Å². The molecule has 1 aromatic carbocycles. The lowest BCUT2D eigenvalue weighted by Gasteiger charge is -2.15. The number of hydrogen-bond acceptors (Lipinski definition) is 7. The second kappa shape index (κ2) is 11.8. The maximum absolute atomic E-state index is 12.1. The Hall–Kier alpha value is -2.88. The molecular weight excluding hydrogens is 386 g/mol. The number of carbonyl (C=O) groups excluding carboxylic acids is 5. The third-order valence-corrected chi connectivity index (χ3v) is 3.93. The highest BCUT2D eigenvalue weighted by atomic mass is 32.1. The van der Waals surface area contributed by atoms with E-state index in [2.05, 4.69) is 33.3 Å². The summed E-state index contributed by atoms with van der Waals surface area (Å²) in [6.45, 7) is 2.50. The fourth-order valence-corrected chi connectivity index (χ4v) is 2.27. The third-order valence-electron chi connectivity index (χ3n) is 3.46. The molecule has 0 aliphatic rings. The second-order valence-corrected chi connectivity index (χ2v) is 6.18. The first-order chi connectivity index (χ1) is 13.3. The first-order valence-corrected chi connectivity index (χ1v) is 9.05. The topological polar surface area (TPSA) is 131 Å². The summed E-state index contributed by atoms with van der Waals surface area (Å²) in [5.41, 5.74) is 0.328. The minimum atomic E-state index is -1.26. The molecule has 3 N–H and O–H groups in total. The number of Topliss-reactive ketones (excluding diaryl/α,β-unsaturated/α-hetero) is 1. The van der Waals surface area contributed by atoms with Crippen LogP contribution in [0.25, 0.3) is 0 Å². The Balaban J connectivity index is 2.40. The molecule has 9 nitrogen and oxygen atoms in total. The van der Waals surface area contributed by atoms with Gasteiger partial charge in [-0.05, 0) is 13.8 Å². The fourth-order valence-electron chi connectivity index (χ4n) is 2.03. The number of benzene rings is 1. The molecule has 152 valence electrons. The number of thiol groups is 1. The number of esters is 1. The highest BCUT2D eigenvalue weighted by Gasteiger charge is 2.24. The number of hydrogen-bond donors (Lipinski definition) is 4. The molecule has 0 aliphatic carbocycles. The molecule has 1 rings (SSSR count). The Bertz CT molecular complexity index is 725. The van der Waals surface area contributed by atoms with Gasteiger partial charge in [0.2, 0.25) is 17.7 Å². The van der Waals surface area contributed by atoms with E-state index in [1.54, 1.807) is 37.3 Å². The van der Waals surface area contributed by atoms with Crippen LogP contribution in [0.1, 0.15) is 24.2 Å². The van der Waals surface area contributed by atoms with Crippen LogP contribution < -0.4 is 16.0 Å². The molecule has 0 spiro atoms. The van der Waals surface area contributed by atoms with Crippen LogP contribution in [-0.4, -0.2) is 60.5 Å². The van der Waals surface area contributed by atoms with E-state index >= 15 is 0 Å². The van der Waals surface area contributed by atoms with Crippen molar-refractivity contribution in [2.45, 2.75) is 25.1 Å². The first kappa shape index (κ1) is 23.2. The predicted molar refractivity (Wildman–Crippen MR) is 104 cm³/mol. The van der Waals surface area contributed by atoms with Crippen LogP contribution in [0.3, 0.4) is 0 Å². The summed E-state index contributed by atoms with van der Waals surface area (Å²) in [5.74, 6) is -3.04. The molecule has 1 unspecified atom stereocenters. The molecule has 0 aromatic heterocycles. The van der Waals surface area contributed by atoms with Gasteiger partial charge in [0.1, 0.15) is 17.8 Å². The van der Waals surface area contributed by atoms with Crippen molar-refractivity contribution >= 4 is 42.1 Å². The summed E-state index contributed by atoms with van der Waals surface area (Å²) in [4.78, 5) is 59.0. The molecule has 0 saturated heterocycles. The van der Waals surface area contributed by atoms with Crippen LogP contribution in [0.4, 0.5) is 0 Å². The van der Waals surface area contributed by atoms with Gasteiger partial charge in [-0.2, -0.15) is 12.6 Å². The quantitative estimate of drug-likeness (QED) is 0.178. The summed E-state index contributed by atoms with van der Waals surface area (Å²) in [7, 11) is 0. The van der Waals surface area contributed by atoms with Gasteiger partial charge in [-0.15, -0.1) is 0 Å². The minimum Gasteiger partial charge on any atom is -0.465 e. The van der Waals surface area contributed by atoms with Gasteiger partial charge in [-0.1, -0.05) is 30.3 Å². The molecule has 0 saturated carbocycles. The largest absolute Gasteiger partial charge is 0.465 e. The fraction of sp³-hybridized carbons (Fsp3) is 0.389. The lowest BCUT2D eigenvalue weighted by molar-refractivity contribution is -0.143. The molecule has 3 amide bonds. The van der Waals surface area contributed by atoms with Crippen molar-refractivity contribution < 1.29 is 28.7 Å². The van der Waals surface area contributed by atoms with Crippen molar-refractivity contribution in [1.82, 2.24) is 16.0 Å². The molecule has 0 heterocycles. The minimum absolute atomic E-state index is 0.194. The van der Waals surface area contributed by atoms with E-state index in [0.717, 1.165) is 0 Å². The lowest BCUT2D eigenvalue weighted by Crippen LogP contribution is -2.49. The number of ether oxygens (including phenoxy) is 1. The summed E-state index contributed by atoms with van der Waals surface area (Å²) < 4.78 is 4.67. The van der Waals surface area contributed by atoms with Gasteiger partial charge < -0.3 is 20.7 Å². The highest BCUT2D eigenvalue weighted by Crippen LogP contribution is 2.08. The molecule has 28 heavy (non-hydrogen) atoms. The Kier molecular flexibility index (Phi) is 9.72. The number of nitrogens with one attached hydrogen (secondary N) is 3. The van der Waals surface area contributed by atoms with E-state index in [1.165, 1.54) is 6.92 Å². The maximum atomic E-state index is 12.1. The van der Waals surface area contributed by atoms with Gasteiger partial charge in [0.15, 0.2) is 5.78 Å². The Morgan fingerprint density at radius 1 is 1.00 bits per heavy atom. The van der Waals surface area contributed by atoms with Crippen LogP contribution in [0.2, 0.25) is 0 Å². The van der Waals surface area contributed by atoms with Crippen molar-refractivity contribution in [2.75, 3.05) is 19.7 Å². The van der Waals surface area contributed by atoms with Crippen LogP contribution in [0.15, 0.2) is 30.3 Å². The van der Waals surface area contributed by atoms with Crippen LogP contribution >= 0.6 is 12.6 Å². The lowest BCUT2D eigenvalue weighted by atomic mass is 10.1. The zero-order chi connectivity index (χ0) is 21.1. The van der Waals surface area contributed by atoms with Gasteiger partial charge in [0.25, 0.3) is 0 Å². The average molecular weight is 409 g/mol. The third kappa shape index (κ3) is 7.78. The van der Waals surface area contributed by atoms with Gasteiger partial charge in [0, 0.05) is 5.56 Å². The van der Waals surface area contributed by atoms with Crippen molar-refractivity contribution in [1.29, 1.82) is 0 Å². The maximum Gasteiger partial charge on any atom is 0.325 e. The standard InChI is InChI=1S/C18H23N3O6S/c1-3-27-14(23)10-20-17(25)11(2)21-13(22)9-19-18(26)16(28)15(24)12-7-5-4-6-8-12/h4-8,11,16,28H,3,9-10H2,1-2H3,(H,19,26)(H,20,25)(H,21,22)/t11-,16?/m1/s1. The molecule has 0 radical (unpaired) electrons. The number of rotatable bonds is 10. The normalized spacial score (nSPS) is 12.2. The van der Waals surface area contributed by atoms with E-state index in [9.17, 15) is 24.0 Å². The van der Waals surface area contributed by atoms with Gasteiger partial charge >= 0.3 is 5.97 Å². The van der Waals surface area contributed by atoms with Gasteiger partial charge in [-0.25, -0.2) is 0 Å². The van der Waals surface area contributed by atoms with Gasteiger partial charge in [-0.3, -0.25) is 24.0 Å². The van der Waals surface area contributed by atoms with Crippen LogP contribution in [-0.2, 0) is 23.9 Å². The average Bonchev–Trinajstić information content (AvgIpc) is 2.69. The Morgan fingerprint density at radius 2 is 1.61 bits per heavy atom. The van der Waals surface area contributed by atoms with Crippen molar-refractivity contribution in [3.8, 4) is 0 Å². The zero-order valence-electron chi connectivity index (χ0n) is 15.6. The molecule has 0 aliphatic heterocycles. The number of amides is 3. The molecule has 0 bridgehead atoms. The van der Waals surface area contributed by atoms with E-state index < -0.39 is 47.3 Å². The summed E-state index contributed by atoms with van der Waals surface area (Å²) in [6.07, 6.45) is 0. The van der Waals surface area contributed by atoms with E-state index in [-0.39, 0.29) is 13.2 Å². The van der Waals surface area contributed by atoms with Crippen molar-refractivity contribution in [2.24, 2.45) is 0 Å². The Labute approximate surface area is 168 Å². The summed E-state index contributed by atoms with van der Waals surface area (Å²) >= 11 is 4.00. The predicted octanol–water partition coefficient (Wildman–Crippen LogP) is -0.532. The molecule has 2 atom stereocenters. The zero-order valence-corrected chi connectivity index (χ0v) is 16.5. The SMILES string of the molecule is CCOC(=O)CNC(=O)[C@@H](C)NC(=O)CNC(=O)C(S)C(=O)c1ccccc1. The molecule has 1 aromatic rings. The smallest absolute Gasteiger partial charge is 0.325 e. The number of ketones is 1. The van der Waals surface area contributed by atoms with Crippen LogP contribution in [0, 0.1) is 0 Å². The van der Waals surface area contributed by atoms with Crippen molar-refractivity contribution in [3.05, 3.63) is 35.9 Å². The first-order valence-electron chi connectivity index (χ1n) is 8.54. The van der Waals surface area contributed by atoms with Crippen molar-refractivity contribution in [3.63, 3.8) is 0 Å². The number of carbonyl (C=O) groups is 5. The monoisotopic (exact) mass is 409 g/mol. The highest BCUT2D eigenvalue weighted by molar-refractivity contribution is 7.82. The van der Waals surface area contributed by atoms with E-state index in [1.807, 2.05) is 0 Å². The van der Waals surface area contributed by atoms with Crippen LogP contribution in [0.5, 0.6) is 0 Å². The summed E-state index contributed by atoms with van der Waals surface area (Å²) in [6, 6.07) is 7.24.